The molecule has 2 heterocycles. The molecule has 22 nitrogen and oxygen atoms in total. The fraction of sp³-hybridized carbons (Fsp3) is 0.623. The molecule has 1 unspecified atom stereocenters. The molecule has 7 N–H and O–H groups in total. The van der Waals surface area contributed by atoms with Crippen molar-refractivity contribution in [3.8, 4) is 0 Å². The summed E-state index contributed by atoms with van der Waals surface area (Å²) in [4.78, 5) is 84.7. The molecule has 2 bridgehead atoms. The number of nitrogens with one attached hydrogen (secondary N) is 1. The van der Waals surface area contributed by atoms with Crippen molar-refractivity contribution in [2.45, 2.75) is 172 Å². The number of esters is 4. The van der Waals surface area contributed by atoms with Crippen LogP contribution in [0, 0.1) is 16.7 Å². The van der Waals surface area contributed by atoms with Crippen molar-refractivity contribution in [1.29, 1.82) is 0 Å². The van der Waals surface area contributed by atoms with Crippen molar-refractivity contribution < 1.29 is 102 Å². The summed E-state index contributed by atoms with van der Waals surface area (Å²) in [6.07, 6.45) is -20.4. The van der Waals surface area contributed by atoms with Crippen LogP contribution in [0.3, 0.4) is 0 Å². The van der Waals surface area contributed by atoms with Crippen LogP contribution in [0.5, 0.6) is 0 Å². The van der Waals surface area contributed by atoms with Crippen molar-refractivity contribution in [3.05, 3.63) is 82.9 Å². The van der Waals surface area contributed by atoms with Crippen LogP contribution in [0.4, 0.5) is 4.79 Å². The number of aliphatic hydroxyl groups is 6. The van der Waals surface area contributed by atoms with E-state index in [0.29, 0.717) is 11.1 Å². The molecule has 0 radical (unpaired) electrons. The molecule has 2 saturated heterocycles. The highest BCUT2D eigenvalue weighted by Gasteiger charge is 2.78. The maximum atomic E-state index is 16.2. The first-order valence-electron chi connectivity index (χ1n) is 24.8. The molecule has 2 aromatic rings. The molecule has 22 heteroatoms. The lowest BCUT2D eigenvalue weighted by Gasteiger charge is -2.68. The molecule has 16 atom stereocenters. The maximum absolute atomic E-state index is 16.2. The van der Waals surface area contributed by atoms with E-state index in [1.165, 1.54) is 13.8 Å². The molecule has 1 amide bonds. The summed E-state index contributed by atoms with van der Waals surface area (Å²) < 4.78 is 53.9. The van der Waals surface area contributed by atoms with Gasteiger partial charge < -0.3 is 78.6 Å². The lowest BCUT2D eigenvalue weighted by atomic mass is 9.44. The van der Waals surface area contributed by atoms with E-state index in [2.05, 4.69) is 5.32 Å². The van der Waals surface area contributed by atoms with E-state index in [1.807, 2.05) is 0 Å². The molecule has 4 fully saturated rings. The second-order valence-electron chi connectivity index (χ2n) is 21.7. The van der Waals surface area contributed by atoms with Gasteiger partial charge in [-0.3, -0.25) is 14.4 Å². The third-order valence-electron chi connectivity index (χ3n) is 15.3. The first-order chi connectivity index (χ1) is 35.1. The third-order valence-corrected chi connectivity index (χ3v) is 15.3. The highest BCUT2D eigenvalue weighted by molar-refractivity contribution is 5.95. The average Bonchev–Trinajstić information content (AvgIpc) is 3.33. The number of ether oxygens (including phenoxy) is 9. The number of Topliss-reactive ketones (excluding diaryl/α,β-unsaturated/α-hetero) is 1. The Hall–Kier alpha value is -5.40. The number of rotatable bonds is 15. The summed E-state index contributed by atoms with van der Waals surface area (Å²) in [7, 11) is 0. The van der Waals surface area contributed by atoms with Crippen LogP contribution < -0.4 is 5.32 Å². The lowest BCUT2D eigenvalue weighted by Crippen LogP contribution is -2.82. The third kappa shape index (κ3) is 11.0. The van der Waals surface area contributed by atoms with Gasteiger partial charge >= 0.3 is 30.0 Å². The second kappa shape index (κ2) is 21.9. The van der Waals surface area contributed by atoms with Crippen LogP contribution in [0.2, 0.25) is 0 Å². The van der Waals surface area contributed by atoms with Gasteiger partial charge in [-0.25, -0.2) is 14.4 Å². The molecule has 75 heavy (non-hydrogen) atoms. The molecular formula is C53H69NO21. The summed E-state index contributed by atoms with van der Waals surface area (Å²) in [5.74, 6) is -6.69. The van der Waals surface area contributed by atoms with Crippen LogP contribution in [0.1, 0.15) is 92.3 Å². The van der Waals surface area contributed by atoms with Crippen LogP contribution in [0.25, 0.3) is 0 Å². The molecule has 2 saturated carbocycles. The van der Waals surface area contributed by atoms with E-state index in [4.69, 9.17) is 42.6 Å². The number of benzene rings is 2. The predicted molar refractivity (Wildman–Crippen MR) is 256 cm³/mol. The number of carbonyl (C=O) groups excluding carboxylic acids is 6. The minimum atomic E-state index is -2.35. The topological polar surface area (TPSA) is 319 Å². The molecule has 2 aromatic carbocycles. The standard InChI is InChI=1S/C53H69NO21/c1-26-31(71-46(64)39(60)37(30-18-14-11-15-19-30)54-48(65)75-49(4,5)6)21-53(66)45(67-23-29-16-12-10-13-17-29)43-51(9,44(63)42(70-27(2)56)36(26)50(53,7)8)33(20-34-52(43,25-69-34)74-28(3)57)73-35(58)24-68-47-41(62)40(61)38(59)32(22-55)72-47/h10-19,31-34,37-43,45,47,55,59-62,66H,20-25H2,1-9H3,(H,54,65)/t31-,32+,33-,34+,37-,38-,39+,40+,41-,42+,43-,45-,47?,51+,52-,53+/m0/s1. The molecule has 5 aliphatic rings. The zero-order valence-corrected chi connectivity index (χ0v) is 43.3. The summed E-state index contributed by atoms with van der Waals surface area (Å²) in [5, 5.41) is 69.5. The summed E-state index contributed by atoms with van der Waals surface area (Å²) in [6, 6.07) is 15.4. The van der Waals surface area contributed by atoms with E-state index in [1.54, 1.807) is 95.3 Å². The molecular weight excluding hydrogens is 987 g/mol. The number of fused-ring (bicyclic) bond motifs is 5. The monoisotopic (exact) mass is 1060 g/mol. The van der Waals surface area contributed by atoms with Gasteiger partial charge in [0.1, 0.15) is 60.5 Å². The normalized spacial score (nSPS) is 34.9. The van der Waals surface area contributed by atoms with Crippen molar-refractivity contribution in [2.75, 3.05) is 19.8 Å². The SMILES string of the molecule is CC(=O)O[C@H]1C(=O)[C@]2(C)[C@@H](OC(=O)COC3O[C@H](CO)[C@H](O)[C@@H](O)[C@@H]3O)C[C@H]3OC[C@@]3(OC(C)=O)[C@H]2[C@H](OCc2ccccc2)[C@]2(O)C[C@H](OC(=O)[C@H](O)[C@@H](NC(=O)OC(C)(C)C)c3ccccc3)C(C)=C1C2(C)C. The van der Waals surface area contributed by atoms with E-state index < -0.39 is 162 Å². The van der Waals surface area contributed by atoms with Crippen molar-refractivity contribution >= 4 is 35.8 Å². The number of ketones is 1. The number of aliphatic hydroxyl groups excluding tert-OH is 5. The van der Waals surface area contributed by atoms with E-state index >= 15 is 4.79 Å². The number of carbonyl (C=O) groups is 6. The largest absolute Gasteiger partial charge is 0.459 e. The smallest absolute Gasteiger partial charge is 0.408 e. The Balaban J connectivity index is 1.36. The molecule has 7 rings (SSSR count). The van der Waals surface area contributed by atoms with Crippen LogP contribution in [-0.2, 0) is 73.2 Å². The minimum Gasteiger partial charge on any atom is -0.459 e. The second-order valence-corrected chi connectivity index (χ2v) is 21.7. The molecule has 0 spiro atoms. The number of amides is 1. The summed E-state index contributed by atoms with van der Waals surface area (Å²) >= 11 is 0. The Labute approximate surface area is 433 Å². The van der Waals surface area contributed by atoms with Gasteiger partial charge in [-0.05, 0) is 56.9 Å². The van der Waals surface area contributed by atoms with Gasteiger partial charge in [-0.1, -0.05) is 74.5 Å². The quantitative estimate of drug-likeness (QED) is 0.0756. The maximum Gasteiger partial charge on any atom is 0.408 e. The fourth-order valence-corrected chi connectivity index (χ4v) is 11.6. The zero-order chi connectivity index (χ0) is 55.2. The summed E-state index contributed by atoms with van der Waals surface area (Å²) in [5.41, 5.74) is -8.00. The minimum absolute atomic E-state index is 0.0345. The molecule has 2 aliphatic heterocycles. The average molecular weight is 1060 g/mol. The van der Waals surface area contributed by atoms with Crippen molar-refractivity contribution in [2.24, 2.45) is 16.7 Å². The Kier molecular flexibility index (Phi) is 16.7. The highest BCUT2D eigenvalue weighted by Crippen LogP contribution is 2.65. The van der Waals surface area contributed by atoms with Crippen molar-refractivity contribution in [1.82, 2.24) is 5.32 Å². The molecule has 3 aliphatic carbocycles. The van der Waals surface area contributed by atoms with Gasteiger partial charge in [0, 0.05) is 38.0 Å². The van der Waals surface area contributed by atoms with Crippen LogP contribution in [-0.4, -0.2) is 170 Å². The van der Waals surface area contributed by atoms with Gasteiger partial charge in [0.25, 0.3) is 0 Å². The Morgan fingerprint density at radius 2 is 1.51 bits per heavy atom. The van der Waals surface area contributed by atoms with E-state index in [9.17, 15) is 54.6 Å². The van der Waals surface area contributed by atoms with Gasteiger partial charge in [0.05, 0.1) is 37.4 Å². The zero-order valence-electron chi connectivity index (χ0n) is 43.3. The Morgan fingerprint density at radius 3 is 2.08 bits per heavy atom. The van der Waals surface area contributed by atoms with Gasteiger partial charge in [0.2, 0.25) is 0 Å². The summed E-state index contributed by atoms with van der Waals surface area (Å²) in [6.45, 7) is 10.8. The first kappa shape index (κ1) is 57.3. The number of hydrogen-bond acceptors (Lipinski definition) is 21. The lowest BCUT2D eigenvalue weighted by molar-refractivity contribution is -0.352. The molecule has 412 valence electrons. The van der Waals surface area contributed by atoms with Crippen molar-refractivity contribution in [3.63, 3.8) is 0 Å². The Bertz CT molecular complexity index is 2480. The van der Waals surface area contributed by atoms with E-state index in [0.717, 1.165) is 13.8 Å². The van der Waals surface area contributed by atoms with E-state index in [-0.39, 0.29) is 30.8 Å². The molecule has 0 aromatic heterocycles. The number of hydrogen-bond donors (Lipinski definition) is 7. The highest BCUT2D eigenvalue weighted by atomic mass is 16.7. The van der Waals surface area contributed by atoms with Crippen LogP contribution in [0.15, 0.2) is 71.8 Å². The van der Waals surface area contributed by atoms with Gasteiger partial charge in [-0.15, -0.1) is 0 Å². The van der Waals surface area contributed by atoms with Crippen LogP contribution >= 0.6 is 0 Å². The predicted octanol–water partition coefficient (Wildman–Crippen LogP) is 1.56. The van der Waals surface area contributed by atoms with Gasteiger partial charge in [-0.2, -0.15) is 0 Å². The first-order valence-corrected chi connectivity index (χ1v) is 24.8. The van der Waals surface area contributed by atoms with Gasteiger partial charge in [0.15, 0.2) is 29.9 Å². The Morgan fingerprint density at radius 1 is 0.867 bits per heavy atom. The fourth-order valence-electron chi connectivity index (χ4n) is 11.6. The number of alkyl carbamates (subject to hydrolysis) is 1.